The van der Waals surface area contributed by atoms with Crippen molar-refractivity contribution in [1.82, 2.24) is 5.32 Å². The van der Waals surface area contributed by atoms with Gasteiger partial charge in [-0.15, -0.1) is 0 Å². The third kappa shape index (κ3) is 6.09. The second-order valence-corrected chi connectivity index (χ2v) is 6.97. The predicted molar refractivity (Wildman–Crippen MR) is 89.6 cm³/mol. The summed E-state index contributed by atoms with van der Waals surface area (Å²) in [6, 6.07) is 8.16. The highest BCUT2D eigenvalue weighted by atomic mass is 16.3. The lowest BCUT2D eigenvalue weighted by Crippen LogP contribution is -2.29. The molecule has 0 radical (unpaired) electrons. The molecule has 1 fully saturated rings. The molecule has 1 aliphatic carbocycles. The molecule has 2 nitrogen and oxygen atoms in total. The Morgan fingerprint density at radius 1 is 1.14 bits per heavy atom. The third-order valence-corrected chi connectivity index (χ3v) is 4.98. The van der Waals surface area contributed by atoms with E-state index in [1.165, 1.54) is 37.7 Å². The molecule has 1 aliphatic rings. The van der Waals surface area contributed by atoms with E-state index in [4.69, 9.17) is 0 Å². The summed E-state index contributed by atoms with van der Waals surface area (Å²) in [6.07, 6.45) is 9.32. The third-order valence-electron chi connectivity index (χ3n) is 4.98. The second-order valence-electron chi connectivity index (χ2n) is 6.97. The monoisotopic (exact) mass is 289 g/mol. The zero-order chi connectivity index (χ0) is 15.1. The first kappa shape index (κ1) is 16.4. The van der Waals surface area contributed by atoms with E-state index in [1.807, 2.05) is 12.1 Å². The van der Waals surface area contributed by atoms with Crippen LogP contribution in [0.3, 0.4) is 0 Å². The molecule has 1 saturated carbocycles. The molecule has 118 valence electrons. The first-order valence-corrected chi connectivity index (χ1v) is 8.64. The number of benzene rings is 1. The fourth-order valence-electron chi connectivity index (χ4n) is 3.30. The molecule has 1 atom stereocenters. The molecule has 2 rings (SSSR count). The number of aryl methyl sites for hydroxylation is 1. The van der Waals surface area contributed by atoms with Gasteiger partial charge in [-0.05, 0) is 62.3 Å². The molecular weight excluding hydrogens is 258 g/mol. The van der Waals surface area contributed by atoms with E-state index in [2.05, 4.69) is 19.2 Å². The number of phenolic OH excluding ortho intramolecular Hbond substituents is 1. The summed E-state index contributed by atoms with van der Waals surface area (Å²) in [4.78, 5) is 0. The second kappa shape index (κ2) is 8.43. The minimum Gasteiger partial charge on any atom is -0.508 e. The first-order valence-electron chi connectivity index (χ1n) is 8.64. The van der Waals surface area contributed by atoms with Gasteiger partial charge in [0.2, 0.25) is 0 Å². The zero-order valence-corrected chi connectivity index (χ0v) is 13.6. The van der Waals surface area contributed by atoms with Crippen molar-refractivity contribution >= 4 is 0 Å². The highest BCUT2D eigenvalue weighted by Crippen LogP contribution is 2.29. The Kier molecular flexibility index (Phi) is 6.56. The fraction of sp³-hybridized carbons (Fsp3) is 0.684. The van der Waals surface area contributed by atoms with Gasteiger partial charge in [-0.2, -0.15) is 0 Å². The van der Waals surface area contributed by atoms with Crippen LogP contribution in [0.2, 0.25) is 0 Å². The van der Waals surface area contributed by atoms with Crippen LogP contribution < -0.4 is 5.32 Å². The van der Waals surface area contributed by atoms with Crippen molar-refractivity contribution in [2.24, 2.45) is 11.8 Å². The average Bonchev–Trinajstić information content (AvgIpc) is 2.49. The van der Waals surface area contributed by atoms with Crippen molar-refractivity contribution in [2.45, 2.75) is 64.8 Å². The lowest BCUT2D eigenvalue weighted by atomic mass is 9.81. The van der Waals surface area contributed by atoms with Gasteiger partial charge >= 0.3 is 0 Å². The molecule has 21 heavy (non-hydrogen) atoms. The van der Waals surface area contributed by atoms with Crippen LogP contribution in [0.4, 0.5) is 0 Å². The maximum absolute atomic E-state index is 9.28. The van der Waals surface area contributed by atoms with Crippen molar-refractivity contribution in [3.8, 4) is 5.75 Å². The van der Waals surface area contributed by atoms with Gasteiger partial charge in [-0.1, -0.05) is 44.7 Å². The highest BCUT2D eigenvalue weighted by molar-refractivity contribution is 5.25. The van der Waals surface area contributed by atoms with Gasteiger partial charge in [-0.3, -0.25) is 0 Å². The highest BCUT2D eigenvalue weighted by Gasteiger charge is 2.17. The zero-order valence-electron chi connectivity index (χ0n) is 13.6. The maximum Gasteiger partial charge on any atom is 0.115 e. The van der Waals surface area contributed by atoms with E-state index in [1.54, 1.807) is 12.1 Å². The number of hydrogen-bond acceptors (Lipinski definition) is 2. The lowest BCUT2D eigenvalue weighted by Gasteiger charge is -2.26. The first-order chi connectivity index (χ1) is 10.1. The maximum atomic E-state index is 9.28. The summed E-state index contributed by atoms with van der Waals surface area (Å²) in [7, 11) is 0. The molecule has 0 spiro atoms. The largest absolute Gasteiger partial charge is 0.508 e. The number of phenols is 1. The predicted octanol–water partition coefficient (Wildman–Crippen LogP) is 4.52. The Balaban J connectivity index is 1.57. The summed E-state index contributed by atoms with van der Waals surface area (Å²) >= 11 is 0. The summed E-state index contributed by atoms with van der Waals surface area (Å²) in [6.45, 7) is 5.83. The van der Waals surface area contributed by atoms with Gasteiger partial charge in [-0.25, -0.2) is 0 Å². The van der Waals surface area contributed by atoms with Crippen molar-refractivity contribution in [1.29, 1.82) is 0 Å². The van der Waals surface area contributed by atoms with Crippen molar-refractivity contribution < 1.29 is 5.11 Å². The van der Waals surface area contributed by atoms with Crippen LogP contribution in [0, 0.1) is 11.8 Å². The van der Waals surface area contributed by atoms with Gasteiger partial charge in [0.25, 0.3) is 0 Å². The van der Waals surface area contributed by atoms with E-state index < -0.39 is 0 Å². The lowest BCUT2D eigenvalue weighted by molar-refractivity contribution is 0.272. The van der Waals surface area contributed by atoms with Crippen LogP contribution in [-0.4, -0.2) is 17.7 Å². The number of hydrogen-bond donors (Lipinski definition) is 2. The van der Waals surface area contributed by atoms with Crippen LogP contribution in [-0.2, 0) is 6.42 Å². The summed E-state index contributed by atoms with van der Waals surface area (Å²) in [5, 5.41) is 13.0. The topological polar surface area (TPSA) is 32.3 Å². The fourth-order valence-corrected chi connectivity index (χ4v) is 3.30. The SMILES string of the molecule is CC1CCC(CCNC(C)CCc2ccc(O)cc2)CC1. The van der Waals surface area contributed by atoms with Gasteiger partial charge in [0.05, 0.1) is 0 Å². The van der Waals surface area contributed by atoms with Crippen LogP contribution in [0.5, 0.6) is 5.75 Å². The molecular formula is C19H31NO. The summed E-state index contributed by atoms with van der Waals surface area (Å²) < 4.78 is 0. The quantitative estimate of drug-likeness (QED) is 0.773. The molecule has 2 heteroatoms. The standard InChI is InChI=1S/C19H31NO/c1-15-3-6-18(7-4-15)13-14-20-16(2)5-8-17-9-11-19(21)12-10-17/h9-12,15-16,18,20-21H,3-8,13-14H2,1-2H3. The minimum absolute atomic E-state index is 0.353. The molecule has 1 unspecified atom stereocenters. The van der Waals surface area contributed by atoms with Crippen LogP contribution >= 0.6 is 0 Å². The Hall–Kier alpha value is -1.02. The molecule has 0 aromatic heterocycles. The van der Waals surface area contributed by atoms with Gasteiger partial charge < -0.3 is 10.4 Å². The Bertz CT molecular complexity index is 393. The molecule has 1 aromatic rings. The van der Waals surface area contributed by atoms with Crippen LogP contribution in [0.15, 0.2) is 24.3 Å². The normalized spacial score (nSPS) is 23.9. The number of rotatable bonds is 7. The average molecular weight is 289 g/mol. The van der Waals surface area contributed by atoms with E-state index >= 15 is 0 Å². The van der Waals surface area contributed by atoms with Crippen LogP contribution in [0.1, 0.15) is 57.9 Å². The number of aromatic hydroxyl groups is 1. The minimum atomic E-state index is 0.353. The van der Waals surface area contributed by atoms with Gasteiger partial charge in [0.15, 0.2) is 0 Å². The Morgan fingerprint density at radius 3 is 2.48 bits per heavy atom. The number of nitrogens with one attached hydrogen (secondary N) is 1. The van der Waals surface area contributed by atoms with Crippen molar-refractivity contribution in [3.05, 3.63) is 29.8 Å². The molecule has 1 aromatic carbocycles. The smallest absolute Gasteiger partial charge is 0.115 e. The van der Waals surface area contributed by atoms with E-state index in [9.17, 15) is 5.11 Å². The summed E-state index contributed by atoms with van der Waals surface area (Å²) in [5.41, 5.74) is 1.31. The summed E-state index contributed by atoms with van der Waals surface area (Å²) in [5.74, 6) is 2.27. The molecule has 0 heterocycles. The van der Waals surface area contributed by atoms with Crippen molar-refractivity contribution in [3.63, 3.8) is 0 Å². The molecule has 2 N–H and O–H groups in total. The van der Waals surface area contributed by atoms with E-state index in [0.29, 0.717) is 11.8 Å². The molecule has 0 amide bonds. The van der Waals surface area contributed by atoms with Crippen LogP contribution in [0.25, 0.3) is 0 Å². The van der Waals surface area contributed by atoms with E-state index in [0.717, 1.165) is 31.2 Å². The Morgan fingerprint density at radius 2 is 1.81 bits per heavy atom. The molecule has 0 saturated heterocycles. The molecule has 0 bridgehead atoms. The van der Waals surface area contributed by atoms with E-state index in [-0.39, 0.29) is 0 Å². The van der Waals surface area contributed by atoms with Gasteiger partial charge in [0.1, 0.15) is 5.75 Å². The molecule has 0 aliphatic heterocycles. The Labute approximate surface area is 130 Å². The van der Waals surface area contributed by atoms with Crippen molar-refractivity contribution in [2.75, 3.05) is 6.54 Å². The van der Waals surface area contributed by atoms with Gasteiger partial charge in [0, 0.05) is 6.04 Å².